The van der Waals surface area contributed by atoms with Gasteiger partial charge in [0.15, 0.2) is 0 Å². The smallest absolute Gasteiger partial charge is 0.112 e. The third-order valence-corrected chi connectivity index (χ3v) is 1.71. The molecule has 0 unspecified atom stereocenters. The molecule has 54 valence electrons. The molecule has 2 rings (SSSR count). The number of rotatable bonds is 0. The van der Waals surface area contributed by atoms with Gasteiger partial charge in [-0.15, -0.1) is 0 Å². The van der Waals surface area contributed by atoms with E-state index in [0.717, 1.165) is 19.8 Å². The first-order chi connectivity index (χ1) is 4.97. The van der Waals surface area contributed by atoms with Crippen molar-refractivity contribution in [2.75, 3.05) is 19.8 Å². The number of hydrogen-bond donors (Lipinski definition) is 2. The molecule has 2 aliphatic rings. The van der Waals surface area contributed by atoms with Gasteiger partial charge in [-0.1, -0.05) is 0 Å². The van der Waals surface area contributed by atoms with Crippen LogP contribution in [0.5, 0.6) is 0 Å². The van der Waals surface area contributed by atoms with E-state index in [2.05, 4.69) is 10.6 Å². The Balaban J connectivity index is 2.23. The zero-order valence-corrected chi connectivity index (χ0v) is 5.68. The molecule has 3 nitrogen and oxygen atoms in total. The topological polar surface area (TPSA) is 33.3 Å². The maximum absolute atomic E-state index is 5.12. The van der Waals surface area contributed by atoms with Crippen molar-refractivity contribution >= 4 is 0 Å². The Hall–Kier alpha value is -0.960. The lowest BCUT2D eigenvalue weighted by molar-refractivity contribution is 0.266. The van der Waals surface area contributed by atoms with Crippen molar-refractivity contribution in [1.82, 2.24) is 10.6 Å². The average molecular weight is 138 g/mol. The predicted molar refractivity (Wildman–Crippen MR) is 38.1 cm³/mol. The first kappa shape index (κ1) is 5.80. The SMILES string of the molecule is C1=CC2=C(CNCN2)CO1. The fourth-order valence-electron chi connectivity index (χ4n) is 1.16. The first-order valence-electron chi connectivity index (χ1n) is 3.41. The lowest BCUT2D eigenvalue weighted by Gasteiger charge is -2.23. The molecule has 0 fully saturated rings. The second-order valence-corrected chi connectivity index (χ2v) is 2.41. The van der Waals surface area contributed by atoms with E-state index in [0.29, 0.717) is 0 Å². The zero-order valence-electron chi connectivity index (χ0n) is 5.68. The third kappa shape index (κ3) is 0.885. The minimum Gasteiger partial charge on any atom is -0.497 e. The van der Waals surface area contributed by atoms with Crippen molar-refractivity contribution < 1.29 is 4.74 Å². The normalized spacial score (nSPS) is 23.2. The summed E-state index contributed by atoms with van der Waals surface area (Å²) < 4.78 is 5.12. The fraction of sp³-hybridized carbons (Fsp3) is 0.429. The van der Waals surface area contributed by atoms with E-state index in [4.69, 9.17) is 4.74 Å². The van der Waals surface area contributed by atoms with Crippen molar-refractivity contribution in [1.29, 1.82) is 0 Å². The van der Waals surface area contributed by atoms with E-state index in [1.54, 1.807) is 6.26 Å². The van der Waals surface area contributed by atoms with Crippen molar-refractivity contribution in [2.24, 2.45) is 0 Å². The lowest BCUT2D eigenvalue weighted by atomic mass is 10.1. The maximum atomic E-state index is 5.12. The van der Waals surface area contributed by atoms with Crippen LogP contribution in [-0.4, -0.2) is 19.8 Å². The molecule has 2 aliphatic heterocycles. The Morgan fingerprint density at radius 3 is 3.40 bits per heavy atom. The van der Waals surface area contributed by atoms with Gasteiger partial charge < -0.3 is 10.1 Å². The van der Waals surface area contributed by atoms with E-state index in [1.807, 2.05) is 6.08 Å². The molecule has 3 heteroatoms. The summed E-state index contributed by atoms with van der Waals surface area (Å²) >= 11 is 0. The molecule has 0 aliphatic carbocycles. The Kier molecular flexibility index (Phi) is 1.36. The highest BCUT2D eigenvalue weighted by Gasteiger charge is 2.11. The van der Waals surface area contributed by atoms with Crippen LogP contribution in [0.4, 0.5) is 0 Å². The van der Waals surface area contributed by atoms with Gasteiger partial charge in [0.05, 0.1) is 12.9 Å². The van der Waals surface area contributed by atoms with Crippen LogP contribution in [0.15, 0.2) is 23.6 Å². The standard InChI is InChI=1S/C7H10N2O/c1-2-10-4-6-3-8-5-9-7(1)6/h1-2,8-9H,3-5H2. The van der Waals surface area contributed by atoms with Crippen molar-refractivity contribution in [3.63, 3.8) is 0 Å². The molecular formula is C7H10N2O. The lowest BCUT2D eigenvalue weighted by Crippen LogP contribution is -2.38. The van der Waals surface area contributed by atoms with Crippen molar-refractivity contribution in [2.45, 2.75) is 0 Å². The molecule has 0 aromatic rings. The summed E-state index contributed by atoms with van der Waals surface area (Å²) in [6, 6.07) is 0. The van der Waals surface area contributed by atoms with Gasteiger partial charge in [-0.05, 0) is 6.08 Å². The molecule has 0 bridgehead atoms. The highest BCUT2D eigenvalue weighted by atomic mass is 16.5. The van der Waals surface area contributed by atoms with E-state index in [-0.39, 0.29) is 0 Å². The van der Waals surface area contributed by atoms with E-state index in [9.17, 15) is 0 Å². The second-order valence-electron chi connectivity index (χ2n) is 2.41. The number of hydrogen-bond acceptors (Lipinski definition) is 3. The summed E-state index contributed by atoms with van der Waals surface area (Å²) in [5.74, 6) is 0. The molecular weight excluding hydrogens is 128 g/mol. The highest BCUT2D eigenvalue weighted by molar-refractivity contribution is 5.28. The first-order valence-corrected chi connectivity index (χ1v) is 3.41. The van der Waals surface area contributed by atoms with Crippen molar-refractivity contribution in [3.8, 4) is 0 Å². The van der Waals surface area contributed by atoms with Crippen LogP contribution >= 0.6 is 0 Å². The van der Waals surface area contributed by atoms with Crippen LogP contribution in [-0.2, 0) is 4.74 Å². The molecule has 0 radical (unpaired) electrons. The summed E-state index contributed by atoms with van der Waals surface area (Å²) in [4.78, 5) is 0. The van der Waals surface area contributed by atoms with Gasteiger partial charge in [-0.2, -0.15) is 0 Å². The molecule has 2 heterocycles. The molecule has 0 amide bonds. The summed E-state index contributed by atoms with van der Waals surface area (Å²) in [7, 11) is 0. The van der Waals surface area contributed by atoms with Gasteiger partial charge in [-0.3, -0.25) is 5.32 Å². The average Bonchev–Trinajstić information content (AvgIpc) is 2.05. The Labute approximate surface area is 59.8 Å². The van der Waals surface area contributed by atoms with Crippen LogP contribution in [0, 0.1) is 0 Å². The molecule has 0 atom stereocenters. The van der Waals surface area contributed by atoms with Crippen LogP contribution in [0.1, 0.15) is 0 Å². The number of nitrogens with one attached hydrogen (secondary N) is 2. The number of allylic oxidation sites excluding steroid dienone is 1. The fourth-order valence-corrected chi connectivity index (χ4v) is 1.16. The van der Waals surface area contributed by atoms with Crippen LogP contribution < -0.4 is 10.6 Å². The minimum absolute atomic E-state index is 0.728. The quantitative estimate of drug-likeness (QED) is 0.492. The largest absolute Gasteiger partial charge is 0.497 e. The van der Waals surface area contributed by atoms with Gasteiger partial charge in [0.1, 0.15) is 6.61 Å². The molecule has 0 saturated carbocycles. The molecule has 0 spiro atoms. The summed E-state index contributed by atoms with van der Waals surface area (Å²) in [5.41, 5.74) is 2.54. The highest BCUT2D eigenvalue weighted by Crippen LogP contribution is 2.10. The number of ether oxygens (including phenoxy) is 1. The minimum atomic E-state index is 0.728. The Morgan fingerprint density at radius 2 is 2.50 bits per heavy atom. The Bertz CT molecular complexity index is 196. The molecule has 2 N–H and O–H groups in total. The molecule has 10 heavy (non-hydrogen) atoms. The van der Waals surface area contributed by atoms with Crippen molar-refractivity contribution in [3.05, 3.63) is 23.6 Å². The monoisotopic (exact) mass is 138 g/mol. The van der Waals surface area contributed by atoms with Gasteiger partial charge in [0.2, 0.25) is 0 Å². The van der Waals surface area contributed by atoms with E-state index >= 15 is 0 Å². The summed E-state index contributed by atoms with van der Waals surface area (Å²) in [6.45, 7) is 2.54. The van der Waals surface area contributed by atoms with Gasteiger partial charge >= 0.3 is 0 Å². The van der Waals surface area contributed by atoms with Gasteiger partial charge in [0, 0.05) is 17.8 Å². The van der Waals surface area contributed by atoms with Crippen LogP contribution in [0.3, 0.4) is 0 Å². The second kappa shape index (κ2) is 2.34. The van der Waals surface area contributed by atoms with Crippen LogP contribution in [0.2, 0.25) is 0 Å². The van der Waals surface area contributed by atoms with Gasteiger partial charge in [-0.25, -0.2) is 0 Å². The summed E-state index contributed by atoms with van der Waals surface area (Å²) in [5, 5.41) is 6.42. The summed E-state index contributed by atoms with van der Waals surface area (Å²) in [6.07, 6.45) is 3.71. The maximum Gasteiger partial charge on any atom is 0.112 e. The van der Waals surface area contributed by atoms with Gasteiger partial charge in [0.25, 0.3) is 0 Å². The van der Waals surface area contributed by atoms with Crippen LogP contribution in [0.25, 0.3) is 0 Å². The molecule has 0 aromatic carbocycles. The third-order valence-electron chi connectivity index (χ3n) is 1.71. The van der Waals surface area contributed by atoms with E-state index in [1.165, 1.54) is 11.3 Å². The van der Waals surface area contributed by atoms with E-state index < -0.39 is 0 Å². The molecule has 0 saturated heterocycles. The zero-order chi connectivity index (χ0) is 6.81. The Morgan fingerprint density at radius 1 is 1.50 bits per heavy atom. The predicted octanol–water partition coefficient (Wildman–Crippen LogP) is -0.0653. The molecule has 0 aromatic heterocycles.